The molecule has 1 saturated carbocycles. The van der Waals surface area contributed by atoms with E-state index in [0.717, 1.165) is 11.0 Å². The molecule has 2 aliphatic rings. The molecule has 0 aromatic heterocycles. The van der Waals surface area contributed by atoms with Gasteiger partial charge in [-0.2, -0.15) is 0 Å². The van der Waals surface area contributed by atoms with Gasteiger partial charge < -0.3 is 24.5 Å². The lowest BCUT2D eigenvalue weighted by atomic mass is 9.62. The molecular weight excluding hydrogens is 357 g/mol. The lowest BCUT2D eigenvalue weighted by Crippen LogP contribution is -2.62. The smallest absolute Gasteiger partial charge is 0.444 e. The zero-order chi connectivity index (χ0) is 20.8. The Labute approximate surface area is 168 Å². The van der Waals surface area contributed by atoms with Crippen LogP contribution in [-0.4, -0.2) is 42.7 Å². The highest BCUT2D eigenvalue weighted by atomic mass is 16.6. The first kappa shape index (κ1) is 21.2. The molecule has 1 heterocycles. The van der Waals surface area contributed by atoms with Gasteiger partial charge in [-0.15, -0.1) is 0 Å². The van der Waals surface area contributed by atoms with Gasteiger partial charge in [0.1, 0.15) is 5.60 Å². The van der Waals surface area contributed by atoms with Crippen LogP contribution in [0.2, 0.25) is 0 Å². The van der Waals surface area contributed by atoms with E-state index in [1.165, 1.54) is 0 Å². The van der Waals surface area contributed by atoms with Gasteiger partial charge in [0.15, 0.2) is 0 Å². The summed E-state index contributed by atoms with van der Waals surface area (Å²) < 4.78 is 17.1. The third-order valence-electron chi connectivity index (χ3n) is 5.09. The second kappa shape index (κ2) is 7.04. The van der Waals surface area contributed by atoms with E-state index in [1.54, 1.807) is 6.92 Å². The van der Waals surface area contributed by atoms with Gasteiger partial charge in [0, 0.05) is 31.5 Å². The molecule has 0 spiro atoms. The Bertz CT molecular complexity index is 705. The summed E-state index contributed by atoms with van der Waals surface area (Å²) in [5.74, 6) is 0. The number of nitrogens with one attached hydrogen (secondary N) is 1. The third kappa shape index (κ3) is 4.88. The first-order chi connectivity index (χ1) is 12.8. The van der Waals surface area contributed by atoms with Gasteiger partial charge in [-0.1, -0.05) is 38.1 Å². The quantitative estimate of drug-likeness (QED) is 0.778. The number of amides is 1. The second-order valence-corrected chi connectivity index (χ2v) is 10.3. The number of benzene rings is 1. The van der Waals surface area contributed by atoms with Crippen LogP contribution < -0.4 is 10.8 Å². The number of hydrogen-bond donors (Lipinski definition) is 2. The van der Waals surface area contributed by atoms with E-state index >= 15 is 0 Å². The number of carbonyl (C=O) groups is 1. The summed E-state index contributed by atoms with van der Waals surface area (Å²) >= 11 is 0. The fourth-order valence-electron chi connectivity index (χ4n) is 3.96. The highest BCUT2D eigenvalue weighted by Crippen LogP contribution is 2.48. The fourth-order valence-corrected chi connectivity index (χ4v) is 3.96. The molecule has 0 bridgehead atoms. The Morgan fingerprint density at radius 3 is 2.11 bits per heavy atom. The lowest BCUT2D eigenvalue weighted by Gasteiger charge is -2.52. The van der Waals surface area contributed by atoms with Crippen LogP contribution in [0.1, 0.15) is 59.9 Å². The summed E-state index contributed by atoms with van der Waals surface area (Å²) in [6, 6.07) is 7.86. The van der Waals surface area contributed by atoms with E-state index in [1.807, 2.05) is 45.0 Å². The minimum absolute atomic E-state index is 0.0232. The largest absolute Gasteiger partial charge is 0.493 e. The summed E-state index contributed by atoms with van der Waals surface area (Å²) in [4.78, 5) is 12.4. The Balaban J connectivity index is 1.74. The molecule has 154 valence electrons. The van der Waals surface area contributed by atoms with E-state index in [2.05, 4.69) is 19.2 Å². The normalized spacial score (nSPS) is 29.8. The van der Waals surface area contributed by atoms with E-state index in [0.29, 0.717) is 26.1 Å². The SMILES string of the molecule is CC1(C)COB(c2ccc([C@]3(NC(=O)OC(C)(C)C)C[C@](C)(O)C3)cc2)OC1. The van der Waals surface area contributed by atoms with Crippen molar-refractivity contribution in [2.45, 2.75) is 71.1 Å². The average Bonchev–Trinajstić information content (AvgIpc) is 2.51. The molecule has 1 aliphatic carbocycles. The number of rotatable bonds is 3. The molecule has 1 saturated heterocycles. The Hall–Kier alpha value is -1.57. The molecule has 0 unspecified atom stereocenters. The van der Waals surface area contributed by atoms with Gasteiger partial charge in [-0.25, -0.2) is 4.79 Å². The zero-order valence-corrected chi connectivity index (χ0v) is 17.8. The maximum absolute atomic E-state index is 12.4. The molecule has 7 heteroatoms. The van der Waals surface area contributed by atoms with Gasteiger partial charge in [0.05, 0.1) is 11.1 Å². The Morgan fingerprint density at radius 1 is 1.11 bits per heavy atom. The van der Waals surface area contributed by atoms with Gasteiger partial charge in [0.2, 0.25) is 0 Å². The van der Waals surface area contributed by atoms with Crippen molar-refractivity contribution in [1.29, 1.82) is 0 Å². The van der Waals surface area contributed by atoms with Gasteiger partial charge in [-0.3, -0.25) is 0 Å². The standard InChI is InChI=1S/C21H32BNO5/c1-18(2,3)28-17(24)23-21(11-20(6,25)12-21)15-7-9-16(10-8-15)22-26-13-19(4,5)14-27-22/h7-10,25H,11-14H2,1-6H3,(H,23,24)/t20-,21-. The third-order valence-corrected chi connectivity index (χ3v) is 5.09. The van der Waals surface area contributed by atoms with Crippen LogP contribution in [0.4, 0.5) is 4.79 Å². The summed E-state index contributed by atoms with van der Waals surface area (Å²) in [7, 11) is -0.374. The number of hydrogen-bond acceptors (Lipinski definition) is 5. The van der Waals surface area contributed by atoms with Crippen LogP contribution in [0.3, 0.4) is 0 Å². The topological polar surface area (TPSA) is 77.0 Å². The molecular formula is C21H32BNO5. The minimum Gasteiger partial charge on any atom is -0.444 e. The second-order valence-electron chi connectivity index (χ2n) is 10.3. The highest BCUT2D eigenvalue weighted by molar-refractivity contribution is 6.61. The Kier molecular flexibility index (Phi) is 5.32. The Morgan fingerprint density at radius 2 is 1.64 bits per heavy atom. The van der Waals surface area contributed by atoms with Crippen LogP contribution in [0.5, 0.6) is 0 Å². The van der Waals surface area contributed by atoms with E-state index in [9.17, 15) is 9.90 Å². The maximum Gasteiger partial charge on any atom is 0.493 e. The number of alkyl carbamates (subject to hydrolysis) is 1. The fraction of sp³-hybridized carbons (Fsp3) is 0.667. The molecule has 1 aromatic carbocycles. The summed E-state index contributed by atoms with van der Waals surface area (Å²) in [6.45, 7) is 12.8. The molecule has 1 aromatic rings. The van der Waals surface area contributed by atoms with Crippen molar-refractivity contribution in [1.82, 2.24) is 5.32 Å². The van der Waals surface area contributed by atoms with E-state index in [4.69, 9.17) is 14.0 Å². The van der Waals surface area contributed by atoms with Crippen molar-refractivity contribution in [3.63, 3.8) is 0 Å². The maximum atomic E-state index is 12.4. The number of aliphatic hydroxyl groups is 1. The van der Waals surface area contributed by atoms with Crippen LogP contribution >= 0.6 is 0 Å². The molecule has 1 amide bonds. The number of ether oxygens (including phenoxy) is 1. The molecule has 0 radical (unpaired) electrons. The van der Waals surface area contributed by atoms with Crippen LogP contribution in [0.25, 0.3) is 0 Å². The monoisotopic (exact) mass is 389 g/mol. The van der Waals surface area contributed by atoms with Crippen LogP contribution in [0.15, 0.2) is 24.3 Å². The first-order valence-corrected chi connectivity index (χ1v) is 9.87. The van der Waals surface area contributed by atoms with Crippen LogP contribution in [0, 0.1) is 5.41 Å². The molecule has 2 fully saturated rings. The number of carbonyl (C=O) groups excluding carboxylic acids is 1. The van der Waals surface area contributed by atoms with Gasteiger partial charge >= 0.3 is 13.2 Å². The van der Waals surface area contributed by atoms with Crippen molar-refractivity contribution in [3.8, 4) is 0 Å². The molecule has 28 heavy (non-hydrogen) atoms. The van der Waals surface area contributed by atoms with Gasteiger partial charge in [0.25, 0.3) is 0 Å². The summed E-state index contributed by atoms with van der Waals surface area (Å²) in [5, 5.41) is 13.3. The lowest BCUT2D eigenvalue weighted by molar-refractivity contribution is -0.0892. The highest BCUT2D eigenvalue weighted by Gasteiger charge is 2.53. The molecule has 3 rings (SSSR count). The van der Waals surface area contributed by atoms with Crippen molar-refractivity contribution in [2.75, 3.05) is 13.2 Å². The molecule has 2 N–H and O–H groups in total. The van der Waals surface area contributed by atoms with E-state index < -0.39 is 22.8 Å². The molecule has 6 nitrogen and oxygen atoms in total. The van der Waals surface area contributed by atoms with Crippen molar-refractivity contribution < 1.29 is 23.9 Å². The summed E-state index contributed by atoms with van der Waals surface area (Å²) in [6.07, 6.45) is 0.389. The van der Waals surface area contributed by atoms with Gasteiger partial charge in [-0.05, 0) is 38.7 Å². The predicted molar refractivity (Wildman–Crippen MR) is 108 cm³/mol. The van der Waals surface area contributed by atoms with E-state index in [-0.39, 0.29) is 12.5 Å². The van der Waals surface area contributed by atoms with Crippen molar-refractivity contribution in [2.24, 2.45) is 5.41 Å². The molecule has 0 atom stereocenters. The van der Waals surface area contributed by atoms with Crippen LogP contribution in [-0.2, 0) is 19.6 Å². The predicted octanol–water partition coefficient (Wildman–Crippen LogP) is 2.72. The van der Waals surface area contributed by atoms with Crippen molar-refractivity contribution >= 4 is 18.7 Å². The van der Waals surface area contributed by atoms with Crippen molar-refractivity contribution in [3.05, 3.63) is 29.8 Å². The summed E-state index contributed by atoms with van der Waals surface area (Å²) in [5.41, 5.74) is -0.127. The zero-order valence-electron chi connectivity index (χ0n) is 17.8. The first-order valence-electron chi connectivity index (χ1n) is 9.87. The minimum atomic E-state index is -0.811. The molecule has 1 aliphatic heterocycles. The average molecular weight is 389 g/mol.